The fourth-order valence-corrected chi connectivity index (χ4v) is 3.26. The van der Waals surface area contributed by atoms with Crippen LogP contribution in [-0.4, -0.2) is 24.1 Å². The van der Waals surface area contributed by atoms with Gasteiger partial charge in [-0.25, -0.2) is 0 Å². The summed E-state index contributed by atoms with van der Waals surface area (Å²) in [4.78, 5) is 0. The van der Waals surface area contributed by atoms with E-state index in [2.05, 4.69) is 50.1 Å². The normalized spacial score (nSPS) is 11.1. The molecule has 1 heteroatoms. The zero-order chi connectivity index (χ0) is 16.8. The Morgan fingerprint density at radius 1 is 0.696 bits per heavy atom. The first-order valence-corrected chi connectivity index (χ1v) is 8.98. The Kier molecular flexibility index (Phi) is 10.1. The van der Waals surface area contributed by atoms with Gasteiger partial charge in [0.2, 0.25) is 0 Å². The Morgan fingerprint density at radius 3 is 1.52 bits per heavy atom. The van der Waals surface area contributed by atoms with Crippen LogP contribution in [0, 0.1) is 0 Å². The molecule has 1 aromatic carbocycles. The summed E-state index contributed by atoms with van der Waals surface area (Å²) in [5.41, 5.74) is 1.45. The van der Waals surface area contributed by atoms with Crippen LogP contribution in [0.1, 0.15) is 44.1 Å². The van der Waals surface area contributed by atoms with E-state index in [-0.39, 0.29) is 0 Å². The number of benzene rings is 1. The lowest BCUT2D eigenvalue weighted by atomic mass is 10.1. The molecule has 0 N–H and O–H groups in total. The van der Waals surface area contributed by atoms with Gasteiger partial charge in [-0.3, -0.25) is 0 Å². The molecule has 0 heterocycles. The molecule has 0 saturated carbocycles. The van der Waals surface area contributed by atoms with Crippen molar-refractivity contribution in [1.29, 1.82) is 0 Å². The van der Waals surface area contributed by atoms with E-state index in [1.807, 2.05) is 18.2 Å². The molecule has 126 valence electrons. The van der Waals surface area contributed by atoms with Gasteiger partial charge in [0.05, 0.1) is 19.6 Å². The second-order valence-corrected chi connectivity index (χ2v) is 6.45. The first-order valence-electron chi connectivity index (χ1n) is 8.98. The molecule has 0 amide bonds. The molecule has 1 nitrogen and oxygen atoms in total. The Bertz CT molecular complexity index is 410. The van der Waals surface area contributed by atoms with Gasteiger partial charge in [-0.05, 0) is 19.3 Å². The summed E-state index contributed by atoms with van der Waals surface area (Å²) in [5, 5.41) is 0. The smallest absolute Gasteiger partial charge is 0.104 e. The van der Waals surface area contributed by atoms with Crippen LogP contribution in [-0.2, 0) is 6.54 Å². The molecule has 0 aliphatic rings. The number of hydrogen-bond donors (Lipinski definition) is 0. The van der Waals surface area contributed by atoms with Crippen LogP contribution < -0.4 is 0 Å². The van der Waals surface area contributed by atoms with E-state index in [1.54, 1.807) is 0 Å². The maximum Gasteiger partial charge on any atom is 0.104 e. The highest BCUT2D eigenvalue weighted by molar-refractivity contribution is 5.13. The predicted molar refractivity (Wildman–Crippen MR) is 103 cm³/mol. The van der Waals surface area contributed by atoms with Crippen molar-refractivity contribution in [3.63, 3.8) is 0 Å². The van der Waals surface area contributed by atoms with Gasteiger partial charge in [0.25, 0.3) is 0 Å². The molecule has 0 fully saturated rings. The zero-order valence-corrected chi connectivity index (χ0v) is 14.8. The molecule has 0 aliphatic heterocycles. The molecule has 0 atom stereocenters. The molecule has 23 heavy (non-hydrogen) atoms. The fraction of sp³-hybridized carbons (Fsp3) is 0.455. The number of rotatable bonds is 14. The highest BCUT2D eigenvalue weighted by Gasteiger charge is 2.26. The lowest BCUT2D eigenvalue weighted by Gasteiger charge is -2.39. The SMILES string of the molecule is C=CCCC[N+](CCCC=C)(CCCC=C)Cc1ccccc1. The molecule has 0 aliphatic carbocycles. The molecule has 0 aromatic heterocycles. The number of hydrogen-bond acceptors (Lipinski definition) is 0. The molecular weight excluding hydrogens is 278 g/mol. The molecule has 0 unspecified atom stereocenters. The average Bonchev–Trinajstić information content (AvgIpc) is 2.56. The molecule has 0 bridgehead atoms. The van der Waals surface area contributed by atoms with Gasteiger partial charge in [0, 0.05) is 24.8 Å². The topological polar surface area (TPSA) is 0 Å². The Morgan fingerprint density at radius 2 is 1.13 bits per heavy atom. The quantitative estimate of drug-likeness (QED) is 0.228. The van der Waals surface area contributed by atoms with Gasteiger partial charge in [-0.1, -0.05) is 48.6 Å². The summed E-state index contributed by atoms with van der Waals surface area (Å²) in [6, 6.07) is 10.9. The monoisotopic (exact) mass is 312 g/mol. The third-order valence-electron chi connectivity index (χ3n) is 4.48. The maximum absolute atomic E-state index is 3.88. The van der Waals surface area contributed by atoms with Crippen molar-refractivity contribution in [3.8, 4) is 0 Å². The number of nitrogens with zero attached hydrogens (tertiary/aromatic N) is 1. The van der Waals surface area contributed by atoms with Crippen molar-refractivity contribution in [1.82, 2.24) is 0 Å². The summed E-state index contributed by atoms with van der Waals surface area (Å²) in [6.07, 6.45) is 13.1. The van der Waals surface area contributed by atoms with E-state index in [0.29, 0.717) is 0 Å². The van der Waals surface area contributed by atoms with Gasteiger partial charge in [0.1, 0.15) is 6.54 Å². The second-order valence-electron chi connectivity index (χ2n) is 6.45. The van der Waals surface area contributed by atoms with Gasteiger partial charge in [-0.15, -0.1) is 19.7 Å². The van der Waals surface area contributed by atoms with Crippen molar-refractivity contribution in [3.05, 3.63) is 73.9 Å². The average molecular weight is 313 g/mol. The van der Waals surface area contributed by atoms with Crippen LogP contribution in [0.15, 0.2) is 68.3 Å². The van der Waals surface area contributed by atoms with Gasteiger partial charge in [-0.2, -0.15) is 0 Å². The first-order chi connectivity index (χ1) is 11.3. The lowest BCUT2D eigenvalue weighted by molar-refractivity contribution is -0.941. The highest BCUT2D eigenvalue weighted by atomic mass is 15.3. The summed E-state index contributed by atoms with van der Waals surface area (Å²) in [6.45, 7) is 16.5. The largest absolute Gasteiger partial charge is 0.320 e. The van der Waals surface area contributed by atoms with Crippen molar-refractivity contribution < 1.29 is 4.48 Å². The van der Waals surface area contributed by atoms with E-state index in [9.17, 15) is 0 Å². The molecule has 1 rings (SSSR count). The van der Waals surface area contributed by atoms with E-state index < -0.39 is 0 Å². The zero-order valence-electron chi connectivity index (χ0n) is 14.8. The molecule has 0 spiro atoms. The summed E-state index contributed by atoms with van der Waals surface area (Å²) >= 11 is 0. The number of allylic oxidation sites excluding steroid dienone is 3. The van der Waals surface area contributed by atoms with Crippen LogP contribution in [0.2, 0.25) is 0 Å². The van der Waals surface area contributed by atoms with Gasteiger partial charge < -0.3 is 4.48 Å². The van der Waals surface area contributed by atoms with Crippen molar-refractivity contribution >= 4 is 0 Å². The minimum Gasteiger partial charge on any atom is -0.320 e. The summed E-state index contributed by atoms with van der Waals surface area (Å²) < 4.78 is 1.18. The van der Waals surface area contributed by atoms with E-state index in [1.165, 1.54) is 48.9 Å². The van der Waals surface area contributed by atoms with Crippen LogP contribution in [0.3, 0.4) is 0 Å². The van der Waals surface area contributed by atoms with E-state index >= 15 is 0 Å². The Balaban J connectivity index is 2.85. The second kappa shape index (κ2) is 11.9. The molecular formula is C22H34N+. The molecule has 1 aromatic rings. The van der Waals surface area contributed by atoms with Crippen LogP contribution >= 0.6 is 0 Å². The maximum atomic E-state index is 3.88. The Hall–Kier alpha value is -1.60. The third kappa shape index (κ3) is 7.99. The minimum atomic E-state index is 1.11. The third-order valence-corrected chi connectivity index (χ3v) is 4.48. The molecule has 0 saturated heterocycles. The van der Waals surface area contributed by atoms with Gasteiger partial charge >= 0.3 is 0 Å². The van der Waals surface area contributed by atoms with Crippen LogP contribution in [0.4, 0.5) is 0 Å². The van der Waals surface area contributed by atoms with E-state index in [4.69, 9.17) is 0 Å². The van der Waals surface area contributed by atoms with Crippen molar-refractivity contribution in [2.45, 2.75) is 45.1 Å². The predicted octanol–water partition coefficient (Wildman–Crippen LogP) is 5.90. The standard InChI is InChI=1S/C22H34N/c1-4-7-13-18-23(19-14-8-5-2,20-15-9-6-3)21-22-16-11-10-12-17-22/h4-6,10-12,16-17H,1-3,7-9,13-15,18-21H2/q+1. The number of quaternary nitrogens is 1. The minimum absolute atomic E-state index is 1.11. The Labute approximate surface area is 143 Å². The van der Waals surface area contributed by atoms with E-state index in [0.717, 1.165) is 25.8 Å². The number of unbranched alkanes of at least 4 members (excludes halogenated alkanes) is 3. The highest BCUT2D eigenvalue weighted by Crippen LogP contribution is 2.20. The lowest BCUT2D eigenvalue weighted by Crippen LogP contribution is -2.49. The summed E-state index contributed by atoms with van der Waals surface area (Å²) in [7, 11) is 0. The molecule has 0 radical (unpaired) electrons. The summed E-state index contributed by atoms with van der Waals surface area (Å²) in [5.74, 6) is 0. The fourth-order valence-electron chi connectivity index (χ4n) is 3.26. The van der Waals surface area contributed by atoms with Crippen LogP contribution in [0.25, 0.3) is 0 Å². The van der Waals surface area contributed by atoms with Crippen molar-refractivity contribution in [2.24, 2.45) is 0 Å². The van der Waals surface area contributed by atoms with Gasteiger partial charge in [0.15, 0.2) is 0 Å². The first kappa shape index (κ1) is 19.4. The van der Waals surface area contributed by atoms with Crippen LogP contribution in [0.5, 0.6) is 0 Å². The van der Waals surface area contributed by atoms with Crippen molar-refractivity contribution in [2.75, 3.05) is 19.6 Å².